The maximum atomic E-state index is 11.9. The second-order valence-corrected chi connectivity index (χ2v) is 8.76. The Kier molecular flexibility index (Phi) is 9.94. The molecule has 0 radical (unpaired) electrons. The fourth-order valence-corrected chi connectivity index (χ4v) is 5.07. The Labute approximate surface area is 156 Å². The lowest BCUT2D eigenvalue weighted by molar-refractivity contribution is -0.151. The number of hydrogen-bond acceptors (Lipinski definition) is 2. The normalized spacial score (nSPS) is 30.2. The predicted octanol–water partition coefficient (Wildman–Crippen LogP) is 7.06. The van der Waals surface area contributed by atoms with E-state index in [0.29, 0.717) is 6.42 Å². The topological polar surface area (TPSA) is 26.3 Å². The van der Waals surface area contributed by atoms with E-state index in [2.05, 4.69) is 13.8 Å². The average molecular weight is 351 g/mol. The lowest BCUT2D eigenvalue weighted by Gasteiger charge is -2.37. The molecule has 2 nitrogen and oxygen atoms in total. The lowest BCUT2D eigenvalue weighted by Crippen LogP contribution is -2.29. The molecule has 0 saturated heterocycles. The molecule has 0 N–H and O–H groups in total. The van der Waals surface area contributed by atoms with Crippen LogP contribution in [-0.4, -0.2) is 12.1 Å². The first kappa shape index (κ1) is 20.8. The van der Waals surface area contributed by atoms with Gasteiger partial charge in [0.2, 0.25) is 0 Å². The zero-order chi connectivity index (χ0) is 17.9. The van der Waals surface area contributed by atoms with Crippen LogP contribution < -0.4 is 0 Å². The maximum absolute atomic E-state index is 11.9. The minimum absolute atomic E-state index is 0.0458. The van der Waals surface area contributed by atoms with Crippen molar-refractivity contribution in [2.24, 2.45) is 17.8 Å². The van der Waals surface area contributed by atoms with Gasteiger partial charge < -0.3 is 4.74 Å². The lowest BCUT2D eigenvalue weighted by atomic mass is 9.70. The summed E-state index contributed by atoms with van der Waals surface area (Å²) in [5, 5.41) is 0. The van der Waals surface area contributed by atoms with E-state index in [4.69, 9.17) is 4.74 Å². The van der Waals surface area contributed by atoms with Gasteiger partial charge >= 0.3 is 5.97 Å². The fourth-order valence-electron chi connectivity index (χ4n) is 5.07. The molecule has 0 aromatic heterocycles. The van der Waals surface area contributed by atoms with Gasteiger partial charge in [-0.15, -0.1) is 0 Å². The molecule has 0 heterocycles. The Bertz CT molecular complexity index is 349. The summed E-state index contributed by atoms with van der Waals surface area (Å²) >= 11 is 0. The van der Waals surface area contributed by atoms with Gasteiger partial charge in [-0.3, -0.25) is 4.79 Å². The number of unbranched alkanes of at least 4 members (excludes halogenated alkanes) is 4. The van der Waals surface area contributed by atoms with Crippen molar-refractivity contribution in [1.82, 2.24) is 0 Å². The Hall–Kier alpha value is -0.530. The van der Waals surface area contributed by atoms with Crippen LogP contribution in [0.4, 0.5) is 0 Å². The van der Waals surface area contributed by atoms with E-state index >= 15 is 0 Å². The highest BCUT2D eigenvalue weighted by atomic mass is 16.5. The average Bonchev–Trinajstić information content (AvgIpc) is 2.63. The highest BCUT2D eigenvalue weighted by Gasteiger charge is 2.31. The molecular formula is C23H42O2. The summed E-state index contributed by atoms with van der Waals surface area (Å²) < 4.78 is 5.71. The molecule has 2 heteroatoms. The third-order valence-electron chi connectivity index (χ3n) is 6.78. The van der Waals surface area contributed by atoms with Crippen molar-refractivity contribution < 1.29 is 9.53 Å². The molecule has 0 bridgehead atoms. The number of hydrogen-bond donors (Lipinski definition) is 0. The smallest absolute Gasteiger partial charge is 0.306 e. The second kappa shape index (κ2) is 12.0. The van der Waals surface area contributed by atoms with Crippen molar-refractivity contribution in [3.8, 4) is 0 Å². The Morgan fingerprint density at radius 1 is 0.760 bits per heavy atom. The van der Waals surface area contributed by atoms with Gasteiger partial charge in [0.1, 0.15) is 6.10 Å². The molecule has 0 unspecified atom stereocenters. The summed E-state index contributed by atoms with van der Waals surface area (Å²) in [5.41, 5.74) is 0. The van der Waals surface area contributed by atoms with Gasteiger partial charge in [0.05, 0.1) is 0 Å². The molecule has 0 atom stereocenters. The highest BCUT2D eigenvalue weighted by Crippen LogP contribution is 2.41. The van der Waals surface area contributed by atoms with E-state index < -0.39 is 0 Å². The molecule has 2 rings (SSSR count). The standard InChI is InChI=1S/C23H42O2/c1-3-5-7-9-19-11-13-20(14-12-19)21-15-17-22(18-16-21)25-23(24)10-8-6-4-2/h19-22H,3-18H2,1-2H3/t19-,20-,21?,22?. The fraction of sp³-hybridized carbons (Fsp3) is 0.957. The third kappa shape index (κ3) is 7.71. The predicted molar refractivity (Wildman–Crippen MR) is 106 cm³/mol. The van der Waals surface area contributed by atoms with Crippen LogP contribution in [0.1, 0.15) is 117 Å². The minimum atomic E-state index is 0.0458. The maximum Gasteiger partial charge on any atom is 0.306 e. The highest BCUT2D eigenvalue weighted by molar-refractivity contribution is 5.69. The largest absolute Gasteiger partial charge is 0.462 e. The van der Waals surface area contributed by atoms with Crippen molar-refractivity contribution in [2.75, 3.05) is 0 Å². The zero-order valence-electron chi connectivity index (χ0n) is 16.9. The van der Waals surface area contributed by atoms with Gasteiger partial charge in [-0.2, -0.15) is 0 Å². The summed E-state index contributed by atoms with van der Waals surface area (Å²) in [5.74, 6) is 2.93. The molecule has 0 aromatic rings. The van der Waals surface area contributed by atoms with Gasteiger partial charge in [-0.25, -0.2) is 0 Å². The molecule has 0 aliphatic heterocycles. The van der Waals surface area contributed by atoms with Crippen LogP contribution in [0.15, 0.2) is 0 Å². The molecule has 2 aliphatic carbocycles. The van der Waals surface area contributed by atoms with Crippen LogP contribution in [0.25, 0.3) is 0 Å². The van der Waals surface area contributed by atoms with Crippen LogP contribution in [-0.2, 0) is 9.53 Å². The molecule has 0 spiro atoms. The first-order valence-electron chi connectivity index (χ1n) is 11.4. The SMILES string of the molecule is CCCCCC(=O)OC1CCC([C@H]2CC[C@H](CCCCC)CC2)CC1. The summed E-state index contributed by atoms with van der Waals surface area (Å²) in [6.45, 7) is 4.47. The molecular weight excluding hydrogens is 308 g/mol. The van der Waals surface area contributed by atoms with Gasteiger partial charge in [0, 0.05) is 6.42 Å². The number of carbonyl (C=O) groups is 1. The van der Waals surface area contributed by atoms with Crippen LogP contribution >= 0.6 is 0 Å². The van der Waals surface area contributed by atoms with E-state index in [1.807, 2.05) is 0 Å². The monoisotopic (exact) mass is 350 g/mol. The summed E-state index contributed by atoms with van der Waals surface area (Å²) in [6, 6.07) is 0. The van der Waals surface area contributed by atoms with E-state index in [1.54, 1.807) is 0 Å². The van der Waals surface area contributed by atoms with Crippen LogP contribution in [0.3, 0.4) is 0 Å². The van der Waals surface area contributed by atoms with Crippen LogP contribution in [0, 0.1) is 17.8 Å². The van der Waals surface area contributed by atoms with E-state index in [-0.39, 0.29) is 12.1 Å². The van der Waals surface area contributed by atoms with Gasteiger partial charge in [-0.1, -0.05) is 65.2 Å². The molecule has 2 saturated carbocycles. The third-order valence-corrected chi connectivity index (χ3v) is 6.78. The number of carbonyl (C=O) groups excluding carboxylic acids is 1. The van der Waals surface area contributed by atoms with Crippen molar-refractivity contribution in [2.45, 2.75) is 123 Å². The van der Waals surface area contributed by atoms with Crippen molar-refractivity contribution in [1.29, 1.82) is 0 Å². The van der Waals surface area contributed by atoms with Crippen LogP contribution in [0.5, 0.6) is 0 Å². The van der Waals surface area contributed by atoms with Crippen molar-refractivity contribution in [3.63, 3.8) is 0 Å². The molecule has 146 valence electrons. The zero-order valence-corrected chi connectivity index (χ0v) is 16.9. The minimum Gasteiger partial charge on any atom is -0.462 e. The Balaban J connectivity index is 1.58. The molecule has 2 aliphatic rings. The Morgan fingerprint density at radius 3 is 1.92 bits per heavy atom. The summed E-state index contributed by atoms with van der Waals surface area (Å²) in [6.07, 6.45) is 20.5. The van der Waals surface area contributed by atoms with Gasteiger partial charge in [0.15, 0.2) is 0 Å². The second-order valence-electron chi connectivity index (χ2n) is 8.76. The number of rotatable bonds is 10. The van der Waals surface area contributed by atoms with E-state index in [0.717, 1.165) is 43.4 Å². The van der Waals surface area contributed by atoms with E-state index in [9.17, 15) is 4.79 Å². The van der Waals surface area contributed by atoms with Gasteiger partial charge in [-0.05, 0) is 62.7 Å². The van der Waals surface area contributed by atoms with Crippen molar-refractivity contribution >= 4 is 5.97 Å². The number of esters is 1. The molecule has 0 amide bonds. The first-order chi connectivity index (χ1) is 12.2. The van der Waals surface area contributed by atoms with E-state index in [1.165, 1.54) is 70.6 Å². The summed E-state index contributed by atoms with van der Waals surface area (Å²) in [7, 11) is 0. The summed E-state index contributed by atoms with van der Waals surface area (Å²) in [4.78, 5) is 11.9. The molecule has 0 aromatic carbocycles. The first-order valence-corrected chi connectivity index (χ1v) is 11.4. The molecule has 25 heavy (non-hydrogen) atoms. The number of ether oxygens (including phenoxy) is 1. The van der Waals surface area contributed by atoms with Crippen LogP contribution in [0.2, 0.25) is 0 Å². The molecule has 2 fully saturated rings. The quantitative estimate of drug-likeness (QED) is 0.311. The van der Waals surface area contributed by atoms with Crippen molar-refractivity contribution in [3.05, 3.63) is 0 Å². The Morgan fingerprint density at radius 2 is 1.32 bits per heavy atom. The van der Waals surface area contributed by atoms with Gasteiger partial charge in [0.25, 0.3) is 0 Å².